The normalized spacial score (nSPS) is 19.4. The predicted molar refractivity (Wildman–Crippen MR) is 110 cm³/mol. The maximum Gasteiger partial charge on any atom is 0.271 e. The number of pyridine rings is 1. The van der Waals surface area contributed by atoms with Crippen molar-refractivity contribution in [2.45, 2.75) is 25.8 Å². The Kier molecular flexibility index (Phi) is 5.60. The van der Waals surface area contributed by atoms with Crippen LogP contribution in [0.2, 0.25) is 0 Å². The van der Waals surface area contributed by atoms with Gasteiger partial charge >= 0.3 is 0 Å². The number of nitrogens with two attached hydrogens (primary N) is 1. The Morgan fingerprint density at radius 1 is 1.26 bits per heavy atom. The van der Waals surface area contributed by atoms with Gasteiger partial charge in [0, 0.05) is 24.0 Å². The van der Waals surface area contributed by atoms with Gasteiger partial charge in [-0.3, -0.25) is 9.78 Å². The zero-order chi connectivity index (χ0) is 19.4. The number of carbonyl (C=O) groups excluding carboxylic acids is 1. The van der Waals surface area contributed by atoms with Gasteiger partial charge in [-0.25, -0.2) is 0 Å². The van der Waals surface area contributed by atoms with Crippen molar-refractivity contribution in [1.82, 2.24) is 9.88 Å². The van der Waals surface area contributed by atoms with Gasteiger partial charge in [0.1, 0.15) is 0 Å². The average molecular weight is 362 g/mol. The molecule has 2 heterocycles. The second-order valence-corrected chi connectivity index (χ2v) is 7.14. The number of likely N-dealkylation sites (tertiary alicyclic amines) is 1. The number of rotatable bonds is 5. The van der Waals surface area contributed by atoms with E-state index < -0.39 is 0 Å². The van der Waals surface area contributed by atoms with Crippen LogP contribution in [0, 0.1) is 5.92 Å². The number of piperidine rings is 1. The number of hydrogen-bond donors (Lipinski definition) is 2. The minimum Gasteiger partial charge on any atom is -0.399 e. The second kappa shape index (κ2) is 8.08. The van der Waals surface area contributed by atoms with Crippen molar-refractivity contribution in [1.29, 1.82) is 0 Å². The molecule has 0 aliphatic carbocycles. The summed E-state index contributed by atoms with van der Waals surface area (Å²) in [6.45, 7) is 10.9. The summed E-state index contributed by atoms with van der Waals surface area (Å²) in [5.74, 6) is 0.380. The molecule has 5 nitrogen and oxygen atoms in total. The van der Waals surface area contributed by atoms with Gasteiger partial charge in [-0.2, -0.15) is 0 Å². The van der Waals surface area contributed by atoms with Gasteiger partial charge in [-0.1, -0.05) is 50.4 Å². The van der Waals surface area contributed by atoms with E-state index >= 15 is 0 Å². The molecule has 2 aromatic rings. The molecule has 1 aromatic carbocycles. The average Bonchev–Trinajstić information content (AvgIpc) is 2.68. The first-order valence-corrected chi connectivity index (χ1v) is 9.17. The van der Waals surface area contributed by atoms with Gasteiger partial charge in [0.05, 0.1) is 23.6 Å². The molecular weight excluding hydrogens is 336 g/mol. The monoisotopic (exact) mass is 362 g/mol. The first kappa shape index (κ1) is 18.7. The smallest absolute Gasteiger partial charge is 0.271 e. The van der Waals surface area contributed by atoms with Crippen LogP contribution in [0.15, 0.2) is 67.6 Å². The summed E-state index contributed by atoms with van der Waals surface area (Å²) >= 11 is 0. The summed E-state index contributed by atoms with van der Waals surface area (Å²) in [7, 11) is 0. The molecule has 2 unspecified atom stereocenters. The Labute approximate surface area is 160 Å². The lowest BCUT2D eigenvalue weighted by atomic mass is 9.88. The van der Waals surface area contributed by atoms with Gasteiger partial charge in [-0.05, 0) is 30.4 Å². The zero-order valence-corrected chi connectivity index (χ0v) is 15.7. The Morgan fingerprint density at radius 3 is 2.70 bits per heavy atom. The molecule has 0 saturated carbocycles. The third kappa shape index (κ3) is 4.37. The van der Waals surface area contributed by atoms with E-state index in [0.717, 1.165) is 19.4 Å². The molecule has 27 heavy (non-hydrogen) atoms. The van der Waals surface area contributed by atoms with Crippen LogP contribution in [-0.2, 0) is 4.79 Å². The van der Waals surface area contributed by atoms with Gasteiger partial charge in [0.2, 0.25) is 0 Å². The van der Waals surface area contributed by atoms with Crippen LogP contribution >= 0.6 is 0 Å². The molecule has 2 atom stereocenters. The molecule has 0 bridgehead atoms. The Balaban J connectivity index is 1.77. The highest BCUT2D eigenvalue weighted by Gasteiger charge is 2.30. The predicted octanol–water partition coefficient (Wildman–Crippen LogP) is 3.94. The lowest BCUT2D eigenvalue weighted by Crippen LogP contribution is -2.39. The van der Waals surface area contributed by atoms with Crippen molar-refractivity contribution in [2.24, 2.45) is 11.7 Å². The van der Waals surface area contributed by atoms with Crippen molar-refractivity contribution in [3.8, 4) is 0 Å². The third-order valence-corrected chi connectivity index (χ3v) is 5.02. The number of carbonyl (C=O) groups is 1. The Hall–Kier alpha value is -3.08. The summed E-state index contributed by atoms with van der Waals surface area (Å²) in [6, 6.07) is 12.2. The van der Waals surface area contributed by atoms with Gasteiger partial charge in [-0.15, -0.1) is 0 Å². The van der Waals surface area contributed by atoms with Crippen LogP contribution in [0.5, 0.6) is 0 Å². The lowest BCUT2D eigenvalue weighted by molar-refractivity contribution is -0.114. The number of nitrogens with one attached hydrogen (secondary N) is 1. The standard InChI is InChI=1S/C22H26N4O/c1-15-9-10-26(21(11-15)18-7-5-4-6-8-18)17(3)22(27)25-20-12-19(16(2)23)13-24-14-20/h4-8,12-15,21H,2-3,9-11,23H2,1H3,(H,25,27). The minimum absolute atomic E-state index is 0.154. The molecule has 1 aromatic heterocycles. The SMILES string of the molecule is C=C(N)c1cncc(NC(=O)C(=C)N2CCC(C)CC2c2ccccc2)c1. The first-order valence-electron chi connectivity index (χ1n) is 9.17. The molecule has 3 N–H and O–H groups in total. The maximum absolute atomic E-state index is 12.8. The van der Waals surface area contributed by atoms with Crippen molar-refractivity contribution in [2.75, 3.05) is 11.9 Å². The van der Waals surface area contributed by atoms with Crippen molar-refractivity contribution in [3.63, 3.8) is 0 Å². The van der Waals surface area contributed by atoms with E-state index in [1.54, 1.807) is 18.5 Å². The topological polar surface area (TPSA) is 71.2 Å². The third-order valence-electron chi connectivity index (χ3n) is 5.02. The number of nitrogens with zero attached hydrogens (tertiary/aromatic N) is 2. The summed E-state index contributed by atoms with van der Waals surface area (Å²) in [5, 5.41) is 2.88. The van der Waals surface area contributed by atoms with Gasteiger partial charge < -0.3 is 16.0 Å². The minimum atomic E-state index is -0.230. The number of anilines is 1. The fraction of sp³-hybridized carbons (Fsp3) is 0.273. The van der Waals surface area contributed by atoms with Gasteiger partial charge in [0.15, 0.2) is 0 Å². The highest BCUT2D eigenvalue weighted by atomic mass is 16.2. The number of amides is 1. The number of hydrogen-bond acceptors (Lipinski definition) is 4. The molecule has 140 valence electrons. The molecule has 1 saturated heterocycles. The quantitative estimate of drug-likeness (QED) is 0.791. The van der Waals surface area contributed by atoms with Crippen LogP contribution in [0.4, 0.5) is 5.69 Å². The van der Waals surface area contributed by atoms with E-state index in [4.69, 9.17) is 5.73 Å². The number of benzene rings is 1. The molecule has 1 aliphatic rings. The fourth-order valence-corrected chi connectivity index (χ4v) is 3.47. The molecule has 3 rings (SSSR count). The molecule has 1 amide bonds. The lowest BCUT2D eigenvalue weighted by Gasteiger charge is -2.40. The summed E-state index contributed by atoms with van der Waals surface area (Å²) in [4.78, 5) is 19.0. The summed E-state index contributed by atoms with van der Waals surface area (Å²) in [6.07, 6.45) is 5.24. The zero-order valence-electron chi connectivity index (χ0n) is 15.7. The van der Waals surface area contributed by atoms with E-state index in [1.165, 1.54) is 5.56 Å². The van der Waals surface area contributed by atoms with E-state index in [2.05, 4.69) is 47.4 Å². The number of aromatic nitrogens is 1. The highest BCUT2D eigenvalue weighted by molar-refractivity contribution is 6.03. The van der Waals surface area contributed by atoms with E-state index in [0.29, 0.717) is 28.6 Å². The molecular formula is C22H26N4O. The van der Waals surface area contributed by atoms with E-state index in [-0.39, 0.29) is 11.9 Å². The first-order chi connectivity index (χ1) is 13.0. The van der Waals surface area contributed by atoms with Crippen molar-refractivity contribution >= 4 is 17.3 Å². The fourth-order valence-electron chi connectivity index (χ4n) is 3.47. The molecule has 1 aliphatic heterocycles. The Bertz CT molecular complexity index is 846. The molecule has 1 fully saturated rings. The van der Waals surface area contributed by atoms with Crippen LogP contribution in [0.1, 0.15) is 36.9 Å². The van der Waals surface area contributed by atoms with Crippen molar-refractivity contribution in [3.05, 3.63) is 78.8 Å². The largest absolute Gasteiger partial charge is 0.399 e. The Morgan fingerprint density at radius 2 is 2.00 bits per heavy atom. The van der Waals surface area contributed by atoms with Crippen LogP contribution < -0.4 is 11.1 Å². The highest BCUT2D eigenvalue weighted by Crippen LogP contribution is 2.36. The van der Waals surface area contributed by atoms with E-state index in [1.807, 2.05) is 18.2 Å². The molecule has 0 radical (unpaired) electrons. The van der Waals surface area contributed by atoms with Crippen LogP contribution in [0.3, 0.4) is 0 Å². The van der Waals surface area contributed by atoms with Gasteiger partial charge in [0.25, 0.3) is 5.91 Å². The van der Waals surface area contributed by atoms with Crippen LogP contribution in [-0.4, -0.2) is 22.3 Å². The summed E-state index contributed by atoms with van der Waals surface area (Å²) < 4.78 is 0. The second-order valence-electron chi connectivity index (χ2n) is 7.14. The summed E-state index contributed by atoms with van der Waals surface area (Å²) in [5.41, 5.74) is 9.06. The molecule has 0 spiro atoms. The molecule has 5 heteroatoms. The van der Waals surface area contributed by atoms with Crippen molar-refractivity contribution < 1.29 is 4.79 Å². The van der Waals surface area contributed by atoms with Crippen LogP contribution in [0.25, 0.3) is 5.70 Å². The maximum atomic E-state index is 12.8. The van der Waals surface area contributed by atoms with E-state index in [9.17, 15) is 4.79 Å².